The number of rotatable bonds is 4. The fourth-order valence-corrected chi connectivity index (χ4v) is 4.40. The van der Waals surface area contributed by atoms with Crippen LogP contribution in [0.1, 0.15) is 37.5 Å². The first kappa shape index (κ1) is 22.2. The summed E-state index contributed by atoms with van der Waals surface area (Å²) in [4.78, 5) is 4.62. The monoisotopic (exact) mass is 448 g/mol. The average Bonchev–Trinajstić information content (AvgIpc) is 2.74. The zero-order valence-corrected chi connectivity index (χ0v) is 19.8. The summed E-state index contributed by atoms with van der Waals surface area (Å²) >= 11 is 0. The van der Waals surface area contributed by atoms with Crippen LogP contribution in [0.5, 0.6) is 0 Å². The Morgan fingerprint density at radius 2 is 1.84 bits per heavy atom. The maximum atomic E-state index is 12.6. The minimum Gasteiger partial charge on any atom is -0.288 e. The Hall–Kier alpha value is -2.96. The molecule has 0 amide bonds. The van der Waals surface area contributed by atoms with Gasteiger partial charge in [-0.1, -0.05) is 30.4 Å². The third-order valence-corrected chi connectivity index (χ3v) is 8.52. The highest BCUT2D eigenvalue weighted by atomic mass is 32.2. The largest absolute Gasteiger partial charge is 0.288 e. The zero-order valence-electron chi connectivity index (χ0n) is 19.0. The Bertz CT molecular complexity index is 1370. The maximum Gasteiger partial charge on any atom is 0.156 e. The van der Waals surface area contributed by atoms with Crippen LogP contribution in [-0.2, 0) is 14.6 Å². The van der Waals surface area contributed by atoms with Crippen molar-refractivity contribution in [2.24, 2.45) is 0 Å². The van der Waals surface area contributed by atoms with Gasteiger partial charge >= 0.3 is 0 Å². The molecular formula is C26H28N2O3S. The second kappa shape index (κ2) is 7.87. The number of aromatic nitrogens is 1. The highest BCUT2D eigenvalue weighted by Crippen LogP contribution is 2.38. The molecule has 166 valence electrons. The summed E-state index contributed by atoms with van der Waals surface area (Å²) in [6, 6.07) is 13.8. The molecule has 0 saturated heterocycles. The Labute approximate surface area is 189 Å². The van der Waals surface area contributed by atoms with E-state index in [-0.39, 0.29) is 6.04 Å². The van der Waals surface area contributed by atoms with Crippen LogP contribution in [0.3, 0.4) is 0 Å². The Morgan fingerprint density at radius 1 is 1.09 bits per heavy atom. The number of fused-ring (bicyclic) bond motifs is 1. The third-order valence-electron chi connectivity index (χ3n) is 6.43. The fourth-order valence-electron chi connectivity index (χ4n) is 3.86. The average molecular weight is 449 g/mol. The SMILES string of the molecule is Cc1ccc(C2=CN(O)C(C)C=C2)cc1-c1cc(C(C)(C)S(C)(=O)=O)cc2cccnc12. The van der Waals surface area contributed by atoms with Gasteiger partial charge in [-0.25, -0.2) is 8.42 Å². The molecule has 2 heterocycles. The van der Waals surface area contributed by atoms with Crippen molar-refractivity contribution in [3.8, 4) is 11.1 Å². The van der Waals surface area contributed by atoms with Gasteiger partial charge in [-0.15, -0.1) is 0 Å². The smallest absolute Gasteiger partial charge is 0.156 e. The fraction of sp³-hybridized carbons (Fsp3) is 0.269. The molecule has 0 aliphatic carbocycles. The highest BCUT2D eigenvalue weighted by molar-refractivity contribution is 7.91. The first-order valence-corrected chi connectivity index (χ1v) is 12.5. The van der Waals surface area contributed by atoms with E-state index >= 15 is 0 Å². The molecule has 0 saturated carbocycles. The first-order valence-electron chi connectivity index (χ1n) is 10.6. The van der Waals surface area contributed by atoms with Crippen LogP contribution in [0.25, 0.3) is 27.6 Å². The lowest BCUT2D eigenvalue weighted by Gasteiger charge is -2.25. The number of allylic oxidation sites excluding steroid dienone is 2. The van der Waals surface area contributed by atoms with Crippen molar-refractivity contribution in [3.05, 3.63) is 83.7 Å². The molecule has 1 aliphatic rings. The van der Waals surface area contributed by atoms with Crippen molar-refractivity contribution in [1.82, 2.24) is 10.0 Å². The van der Waals surface area contributed by atoms with Gasteiger partial charge in [0.2, 0.25) is 0 Å². The molecule has 0 bridgehead atoms. The number of hydroxylamine groups is 2. The highest BCUT2D eigenvalue weighted by Gasteiger charge is 2.33. The summed E-state index contributed by atoms with van der Waals surface area (Å²) in [6.45, 7) is 7.42. The molecule has 6 heteroatoms. The Kier molecular flexibility index (Phi) is 5.47. The minimum atomic E-state index is -3.34. The minimum absolute atomic E-state index is 0.0771. The summed E-state index contributed by atoms with van der Waals surface area (Å²) < 4.78 is 24.1. The Balaban J connectivity index is 1.96. The van der Waals surface area contributed by atoms with Crippen LogP contribution in [0, 0.1) is 6.92 Å². The topological polar surface area (TPSA) is 70.5 Å². The van der Waals surface area contributed by atoms with Gasteiger partial charge in [0.1, 0.15) is 0 Å². The molecular weight excluding hydrogens is 420 g/mol. The van der Waals surface area contributed by atoms with Crippen LogP contribution in [-0.4, -0.2) is 36.0 Å². The van der Waals surface area contributed by atoms with Crippen molar-refractivity contribution in [2.45, 2.75) is 38.5 Å². The molecule has 1 atom stereocenters. The molecule has 5 nitrogen and oxygen atoms in total. The summed E-state index contributed by atoms with van der Waals surface area (Å²) in [6.07, 6.45) is 8.70. The molecule has 1 unspecified atom stereocenters. The van der Waals surface area contributed by atoms with E-state index in [1.807, 2.05) is 62.4 Å². The van der Waals surface area contributed by atoms with Crippen LogP contribution in [0.2, 0.25) is 0 Å². The van der Waals surface area contributed by atoms with Gasteiger partial charge in [0, 0.05) is 29.6 Å². The van der Waals surface area contributed by atoms with E-state index in [4.69, 9.17) is 0 Å². The predicted molar refractivity (Wildman–Crippen MR) is 130 cm³/mol. The van der Waals surface area contributed by atoms with Gasteiger partial charge in [0.15, 0.2) is 9.84 Å². The van der Waals surface area contributed by atoms with E-state index < -0.39 is 14.6 Å². The number of hydrogen-bond acceptors (Lipinski definition) is 5. The molecule has 3 aromatic rings. The van der Waals surface area contributed by atoms with E-state index in [0.29, 0.717) is 0 Å². The molecule has 0 fully saturated rings. The van der Waals surface area contributed by atoms with E-state index in [1.54, 1.807) is 26.2 Å². The van der Waals surface area contributed by atoms with Gasteiger partial charge in [-0.05, 0) is 79.8 Å². The maximum absolute atomic E-state index is 12.6. The lowest BCUT2D eigenvalue weighted by molar-refractivity contribution is -0.0595. The van der Waals surface area contributed by atoms with Crippen molar-refractivity contribution in [1.29, 1.82) is 0 Å². The second-order valence-corrected chi connectivity index (χ2v) is 11.5. The van der Waals surface area contributed by atoms with Gasteiger partial charge in [0.25, 0.3) is 0 Å². The van der Waals surface area contributed by atoms with Gasteiger partial charge in [0.05, 0.1) is 16.3 Å². The zero-order chi connectivity index (χ0) is 23.3. The van der Waals surface area contributed by atoms with Gasteiger partial charge in [-0.3, -0.25) is 15.3 Å². The van der Waals surface area contributed by atoms with Crippen LogP contribution >= 0.6 is 0 Å². The summed E-state index contributed by atoms with van der Waals surface area (Å²) in [5.74, 6) is 0. The summed E-state index contributed by atoms with van der Waals surface area (Å²) in [5.41, 5.74) is 6.35. The number of hydrogen-bond donors (Lipinski definition) is 1. The Morgan fingerprint density at radius 3 is 2.53 bits per heavy atom. The van der Waals surface area contributed by atoms with Crippen molar-refractivity contribution >= 4 is 26.3 Å². The molecule has 2 aromatic carbocycles. The van der Waals surface area contributed by atoms with Crippen LogP contribution < -0.4 is 0 Å². The lowest BCUT2D eigenvalue weighted by atomic mass is 9.90. The van der Waals surface area contributed by atoms with E-state index in [1.165, 1.54) is 11.3 Å². The van der Waals surface area contributed by atoms with E-state index in [0.717, 1.165) is 44.3 Å². The first-order chi connectivity index (χ1) is 15.0. The second-order valence-electron chi connectivity index (χ2n) is 8.98. The molecule has 1 aromatic heterocycles. The predicted octanol–water partition coefficient (Wildman–Crippen LogP) is 5.48. The van der Waals surface area contributed by atoms with E-state index in [2.05, 4.69) is 11.1 Å². The van der Waals surface area contributed by atoms with Crippen molar-refractivity contribution in [2.75, 3.05) is 6.26 Å². The van der Waals surface area contributed by atoms with Crippen LogP contribution in [0.4, 0.5) is 0 Å². The van der Waals surface area contributed by atoms with Gasteiger partial charge in [-0.2, -0.15) is 0 Å². The molecule has 32 heavy (non-hydrogen) atoms. The number of nitrogens with zero attached hydrogens (tertiary/aromatic N) is 2. The molecule has 1 N–H and O–H groups in total. The number of benzene rings is 2. The quantitative estimate of drug-likeness (QED) is 0.572. The summed E-state index contributed by atoms with van der Waals surface area (Å²) in [7, 11) is -3.34. The normalized spacial score (nSPS) is 17.0. The summed E-state index contributed by atoms with van der Waals surface area (Å²) in [5, 5.41) is 12.2. The molecule has 4 rings (SSSR count). The third kappa shape index (κ3) is 3.85. The number of sulfone groups is 1. The van der Waals surface area contributed by atoms with Crippen molar-refractivity contribution < 1.29 is 13.6 Å². The standard InChI is InChI=1S/C26H28N2O3S/c1-17-8-10-19(21-11-9-18(2)28(29)16-21)14-23(17)24-15-22(26(3,4)32(5,30)31)13-20-7-6-12-27-25(20)24/h6-16,18,29H,1-5H3. The van der Waals surface area contributed by atoms with Gasteiger partial charge < -0.3 is 0 Å². The molecule has 0 spiro atoms. The van der Waals surface area contributed by atoms with Crippen molar-refractivity contribution in [3.63, 3.8) is 0 Å². The number of pyridine rings is 1. The van der Waals surface area contributed by atoms with Crippen LogP contribution in [0.15, 0.2) is 67.0 Å². The molecule has 1 aliphatic heterocycles. The van der Waals surface area contributed by atoms with E-state index in [9.17, 15) is 13.6 Å². The lowest BCUT2D eigenvalue weighted by Crippen LogP contribution is -2.28. The molecule has 0 radical (unpaired) electrons. The number of aryl methyl sites for hydroxylation is 1.